The Labute approximate surface area is 154 Å². The van der Waals surface area contributed by atoms with Crippen LogP contribution in [0.5, 0.6) is 0 Å². The first kappa shape index (κ1) is 18.5. The summed E-state index contributed by atoms with van der Waals surface area (Å²) < 4.78 is 13.3. The molecule has 0 unspecified atom stereocenters. The Balaban J connectivity index is 1.92. The Hall–Kier alpha value is -2.24. The van der Waals surface area contributed by atoms with Crippen LogP contribution in [0.2, 0.25) is 0 Å². The number of carbonyl (C=O) groups excluding carboxylic acids is 1. The minimum Gasteiger partial charge on any atom is -0.331 e. The highest BCUT2D eigenvalue weighted by Crippen LogP contribution is 2.30. The molecule has 0 radical (unpaired) electrons. The van der Waals surface area contributed by atoms with Crippen molar-refractivity contribution < 1.29 is 9.18 Å². The summed E-state index contributed by atoms with van der Waals surface area (Å²) in [6, 6.07) is 16.0. The number of rotatable bonds is 4. The van der Waals surface area contributed by atoms with Gasteiger partial charge in [-0.25, -0.2) is 4.39 Å². The maximum Gasteiger partial charge on any atom is 0.245 e. The predicted octanol–water partition coefficient (Wildman–Crippen LogP) is 2.94. The molecule has 4 nitrogen and oxygen atoms in total. The van der Waals surface area contributed by atoms with Gasteiger partial charge < -0.3 is 9.80 Å². The quantitative estimate of drug-likeness (QED) is 0.844. The molecule has 138 valence electrons. The number of amides is 1. The van der Waals surface area contributed by atoms with Crippen LogP contribution in [0, 0.1) is 5.82 Å². The summed E-state index contributed by atoms with van der Waals surface area (Å²) >= 11 is 0. The lowest BCUT2D eigenvalue weighted by Crippen LogP contribution is -2.52. The molecule has 1 amide bonds. The van der Waals surface area contributed by atoms with E-state index in [1.165, 1.54) is 12.1 Å². The minimum absolute atomic E-state index is 0.0188. The summed E-state index contributed by atoms with van der Waals surface area (Å²) in [7, 11) is 5.86. The summed E-state index contributed by atoms with van der Waals surface area (Å²) in [5, 5.41) is 0. The normalized spacial score (nSPS) is 19.6. The third kappa shape index (κ3) is 3.94. The molecule has 0 N–H and O–H groups in total. The maximum atomic E-state index is 13.5. The summed E-state index contributed by atoms with van der Waals surface area (Å²) in [6.07, 6.45) is 0. The fraction of sp³-hybridized carbons (Fsp3) is 0.381. The van der Waals surface area contributed by atoms with Crippen LogP contribution in [-0.4, -0.2) is 61.4 Å². The molecule has 1 aliphatic heterocycles. The number of hydrogen-bond donors (Lipinski definition) is 0. The fourth-order valence-electron chi connectivity index (χ4n) is 3.61. The van der Waals surface area contributed by atoms with Gasteiger partial charge in [-0.1, -0.05) is 42.5 Å². The van der Waals surface area contributed by atoms with E-state index in [1.54, 1.807) is 12.1 Å². The van der Waals surface area contributed by atoms with Crippen LogP contribution in [0.4, 0.5) is 4.39 Å². The molecule has 0 bridgehead atoms. The van der Waals surface area contributed by atoms with E-state index < -0.39 is 6.04 Å². The second kappa shape index (κ2) is 7.98. The van der Waals surface area contributed by atoms with Gasteiger partial charge in [0.1, 0.15) is 11.9 Å². The van der Waals surface area contributed by atoms with Gasteiger partial charge in [-0.15, -0.1) is 0 Å². The largest absolute Gasteiger partial charge is 0.331 e. The van der Waals surface area contributed by atoms with Gasteiger partial charge in [-0.2, -0.15) is 0 Å². The number of benzene rings is 2. The summed E-state index contributed by atoms with van der Waals surface area (Å²) in [6.45, 7) is 2.33. The van der Waals surface area contributed by atoms with Crippen molar-refractivity contribution in [3.8, 4) is 0 Å². The van der Waals surface area contributed by atoms with Crippen LogP contribution in [0.15, 0.2) is 54.6 Å². The van der Waals surface area contributed by atoms with Crippen molar-refractivity contribution in [2.45, 2.75) is 12.1 Å². The molecule has 3 rings (SSSR count). The van der Waals surface area contributed by atoms with Gasteiger partial charge >= 0.3 is 0 Å². The number of piperazine rings is 1. The first-order chi connectivity index (χ1) is 12.5. The van der Waals surface area contributed by atoms with Crippen LogP contribution in [0.25, 0.3) is 0 Å². The molecule has 0 saturated carbocycles. The van der Waals surface area contributed by atoms with Crippen molar-refractivity contribution in [2.75, 3.05) is 40.8 Å². The molecule has 1 fully saturated rings. The monoisotopic (exact) mass is 355 g/mol. The van der Waals surface area contributed by atoms with E-state index in [4.69, 9.17) is 0 Å². The van der Waals surface area contributed by atoms with Crippen LogP contribution >= 0.6 is 0 Å². The average molecular weight is 355 g/mol. The summed E-state index contributed by atoms with van der Waals surface area (Å²) in [5.41, 5.74) is 1.95. The van der Waals surface area contributed by atoms with Crippen LogP contribution < -0.4 is 0 Å². The van der Waals surface area contributed by atoms with E-state index in [-0.39, 0.29) is 17.8 Å². The third-order valence-corrected chi connectivity index (χ3v) is 4.99. The van der Waals surface area contributed by atoms with E-state index in [2.05, 4.69) is 24.1 Å². The summed E-state index contributed by atoms with van der Waals surface area (Å²) in [4.78, 5) is 19.6. The van der Waals surface area contributed by atoms with E-state index in [0.717, 1.165) is 24.2 Å². The molecule has 1 saturated heterocycles. The SMILES string of the molecule is CN1CCN(C(=O)[C@@H](c2ccc(F)cc2)N(C)C)[C@H](c2ccccc2)C1. The molecule has 1 aliphatic rings. The van der Waals surface area contributed by atoms with Gasteiger partial charge in [0.25, 0.3) is 0 Å². The van der Waals surface area contributed by atoms with Crippen LogP contribution in [0.1, 0.15) is 23.2 Å². The zero-order valence-electron chi connectivity index (χ0n) is 15.6. The minimum atomic E-state index is -0.426. The lowest BCUT2D eigenvalue weighted by Gasteiger charge is -2.42. The first-order valence-corrected chi connectivity index (χ1v) is 8.93. The number of nitrogens with zero attached hydrogens (tertiary/aromatic N) is 3. The lowest BCUT2D eigenvalue weighted by molar-refractivity contribution is -0.141. The van der Waals surface area contributed by atoms with Gasteiger partial charge in [0.15, 0.2) is 0 Å². The number of hydrogen-bond acceptors (Lipinski definition) is 3. The van der Waals surface area contributed by atoms with Crippen LogP contribution in [0.3, 0.4) is 0 Å². The van der Waals surface area contributed by atoms with E-state index in [9.17, 15) is 9.18 Å². The Morgan fingerprint density at radius 2 is 1.73 bits per heavy atom. The predicted molar refractivity (Wildman–Crippen MR) is 101 cm³/mol. The Bertz CT molecular complexity index is 733. The highest BCUT2D eigenvalue weighted by Gasteiger charge is 2.35. The molecule has 0 spiro atoms. The molecule has 5 heteroatoms. The third-order valence-electron chi connectivity index (χ3n) is 4.99. The second-order valence-electron chi connectivity index (χ2n) is 7.14. The van der Waals surface area contributed by atoms with Gasteiger partial charge in [-0.05, 0) is 44.4 Å². The molecular weight excluding hydrogens is 329 g/mol. The molecule has 0 aromatic heterocycles. The number of likely N-dealkylation sites (N-methyl/N-ethyl adjacent to an activating group) is 2. The Morgan fingerprint density at radius 3 is 2.35 bits per heavy atom. The molecule has 26 heavy (non-hydrogen) atoms. The van der Waals surface area contributed by atoms with Gasteiger partial charge in [0.05, 0.1) is 6.04 Å². The van der Waals surface area contributed by atoms with Crippen molar-refractivity contribution in [1.29, 1.82) is 0 Å². The zero-order valence-corrected chi connectivity index (χ0v) is 15.6. The van der Waals surface area contributed by atoms with Gasteiger partial charge in [0.2, 0.25) is 5.91 Å². The Morgan fingerprint density at radius 1 is 1.08 bits per heavy atom. The molecular formula is C21H26FN3O. The van der Waals surface area contributed by atoms with Crippen molar-refractivity contribution in [2.24, 2.45) is 0 Å². The molecule has 0 aliphatic carbocycles. The van der Waals surface area contributed by atoms with Crippen molar-refractivity contribution in [1.82, 2.24) is 14.7 Å². The number of halogens is 1. The lowest BCUT2D eigenvalue weighted by atomic mass is 9.98. The summed E-state index contributed by atoms with van der Waals surface area (Å²) in [5.74, 6) is -0.232. The van der Waals surface area contributed by atoms with Crippen molar-refractivity contribution in [3.05, 3.63) is 71.5 Å². The number of carbonyl (C=O) groups is 1. The topological polar surface area (TPSA) is 26.8 Å². The molecule has 2 aromatic rings. The molecule has 1 heterocycles. The van der Waals surface area contributed by atoms with E-state index >= 15 is 0 Å². The van der Waals surface area contributed by atoms with Crippen molar-refractivity contribution >= 4 is 5.91 Å². The van der Waals surface area contributed by atoms with E-state index in [1.807, 2.05) is 42.1 Å². The maximum absolute atomic E-state index is 13.5. The standard InChI is InChI=1S/C21H26FN3O/c1-23(2)20(17-9-11-18(22)12-10-17)21(26)25-14-13-24(3)15-19(25)16-7-5-4-6-8-16/h4-12,19-20H,13-15H2,1-3H3/t19-,20+/m0/s1. The van der Waals surface area contributed by atoms with Gasteiger partial charge in [-0.3, -0.25) is 9.69 Å². The first-order valence-electron chi connectivity index (χ1n) is 8.93. The van der Waals surface area contributed by atoms with Gasteiger partial charge in [0, 0.05) is 19.6 Å². The fourth-order valence-corrected chi connectivity index (χ4v) is 3.61. The smallest absolute Gasteiger partial charge is 0.245 e. The highest BCUT2D eigenvalue weighted by atomic mass is 19.1. The molecule has 2 aromatic carbocycles. The zero-order chi connectivity index (χ0) is 18.7. The van der Waals surface area contributed by atoms with Crippen LogP contribution in [-0.2, 0) is 4.79 Å². The highest BCUT2D eigenvalue weighted by molar-refractivity contribution is 5.84. The van der Waals surface area contributed by atoms with Crippen molar-refractivity contribution in [3.63, 3.8) is 0 Å². The Kier molecular flexibility index (Phi) is 5.69. The average Bonchev–Trinajstić information content (AvgIpc) is 2.64. The molecule has 2 atom stereocenters. The van der Waals surface area contributed by atoms with E-state index in [0.29, 0.717) is 6.54 Å². The second-order valence-corrected chi connectivity index (χ2v) is 7.14.